The van der Waals surface area contributed by atoms with E-state index in [9.17, 15) is 4.79 Å². The highest BCUT2D eigenvalue weighted by Crippen LogP contribution is 2.14. The Balaban J connectivity index is 0.00000363. The number of benzene rings is 2. The highest BCUT2D eigenvalue weighted by Gasteiger charge is 2.20. The third-order valence-electron chi connectivity index (χ3n) is 5.61. The number of carbonyl (C=O) groups excluding carboxylic acids is 1. The molecule has 0 spiro atoms. The minimum atomic E-state index is -0.0565. The predicted molar refractivity (Wildman–Crippen MR) is 143 cm³/mol. The van der Waals surface area contributed by atoms with E-state index < -0.39 is 0 Å². The van der Waals surface area contributed by atoms with Crippen LogP contribution in [0.2, 0.25) is 0 Å². The summed E-state index contributed by atoms with van der Waals surface area (Å²) in [7, 11) is 1.65. The monoisotopic (exact) mass is 549 g/mol. The Morgan fingerprint density at radius 1 is 1.06 bits per heavy atom. The zero-order valence-corrected chi connectivity index (χ0v) is 21.5. The third-order valence-corrected chi connectivity index (χ3v) is 5.61. The number of aliphatic imine (C=N–C) groups is 1. The lowest BCUT2D eigenvalue weighted by atomic mass is 10.0. The van der Waals surface area contributed by atoms with E-state index in [0.29, 0.717) is 18.2 Å². The van der Waals surface area contributed by atoms with Gasteiger partial charge in [0.25, 0.3) is 5.91 Å². The SMILES string of the molecule is CCNC(=NCCc1cccc(C(=O)NC)c1)NC1CCN(Cc2ccccc2)CC1.I. The summed E-state index contributed by atoms with van der Waals surface area (Å²) in [4.78, 5) is 19.1. The van der Waals surface area contributed by atoms with Gasteiger partial charge in [-0.05, 0) is 49.4 Å². The lowest BCUT2D eigenvalue weighted by Crippen LogP contribution is -2.48. The summed E-state index contributed by atoms with van der Waals surface area (Å²) < 4.78 is 0. The fourth-order valence-electron chi connectivity index (χ4n) is 3.90. The van der Waals surface area contributed by atoms with Crippen LogP contribution < -0.4 is 16.0 Å². The number of likely N-dealkylation sites (tertiary alicyclic amines) is 1. The van der Waals surface area contributed by atoms with Gasteiger partial charge in [0.15, 0.2) is 5.96 Å². The van der Waals surface area contributed by atoms with Gasteiger partial charge in [-0.25, -0.2) is 0 Å². The number of rotatable bonds is 8. The molecule has 0 aliphatic carbocycles. The normalized spacial score (nSPS) is 15.0. The molecule has 0 atom stereocenters. The van der Waals surface area contributed by atoms with Gasteiger partial charge in [-0.1, -0.05) is 42.5 Å². The van der Waals surface area contributed by atoms with Gasteiger partial charge in [0.1, 0.15) is 0 Å². The van der Waals surface area contributed by atoms with Crippen molar-refractivity contribution in [3.63, 3.8) is 0 Å². The fourth-order valence-corrected chi connectivity index (χ4v) is 3.90. The largest absolute Gasteiger partial charge is 0.357 e. The Labute approximate surface area is 209 Å². The van der Waals surface area contributed by atoms with Crippen molar-refractivity contribution in [2.45, 2.75) is 38.8 Å². The van der Waals surface area contributed by atoms with Gasteiger partial charge < -0.3 is 16.0 Å². The summed E-state index contributed by atoms with van der Waals surface area (Å²) in [6.45, 7) is 6.82. The van der Waals surface area contributed by atoms with Gasteiger partial charge in [-0.3, -0.25) is 14.7 Å². The van der Waals surface area contributed by atoms with E-state index in [-0.39, 0.29) is 29.9 Å². The molecule has 3 N–H and O–H groups in total. The summed E-state index contributed by atoms with van der Waals surface area (Å²) in [5.74, 6) is 0.824. The summed E-state index contributed by atoms with van der Waals surface area (Å²) in [5.41, 5.74) is 3.19. The highest BCUT2D eigenvalue weighted by molar-refractivity contribution is 14.0. The quantitative estimate of drug-likeness (QED) is 0.268. The first-order chi connectivity index (χ1) is 15.2. The number of halogens is 1. The van der Waals surface area contributed by atoms with E-state index in [1.807, 2.05) is 24.3 Å². The van der Waals surface area contributed by atoms with Crippen molar-refractivity contribution in [3.05, 3.63) is 71.3 Å². The molecule has 0 aromatic heterocycles. The van der Waals surface area contributed by atoms with Crippen LogP contribution in [0.25, 0.3) is 0 Å². The minimum absolute atomic E-state index is 0. The van der Waals surface area contributed by atoms with Crippen molar-refractivity contribution in [1.82, 2.24) is 20.9 Å². The Morgan fingerprint density at radius 2 is 1.78 bits per heavy atom. The van der Waals surface area contributed by atoms with E-state index in [2.05, 4.69) is 58.1 Å². The Morgan fingerprint density at radius 3 is 2.47 bits per heavy atom. The molecule has 1 saturated heterocycles. The van der Waals surface area contributed by atoms with Crippen LogP contribution in [0.15, 0.2) is 59.6 Å². The smallest absolute Gasteiger partial charge is 0.251 e. The zero-order chi connectivity index (χ0) is 21.9. The topological polar surface area (TPSA) is 68.8 Å². The number of guanidine groups is 1. The number of nitrogens with one attached hydrogen (secondary N) is 3. The van der Waals surface area contributed by atoms with Crippen molar-refractivity contribution < 1.29 is 4.79 Å². The van der Waals surface area contributed by atoms with Crippen molar-refractivity contribution >= 4 is 35.8 Å². The van der Waals surface area contributed by atoms with Gasteiger partial charge in [-0.2, -0.15) is 0 Å². The highest BCUT2D eigenvalue weighted by atomic mass is 127. The summed E-state index contributed by atoms with van der Waals surface area (Å²) in [6.07, 6.45) is 3.04. The first-order valence-corrected chi connectivity index (χ1v) is 11.3. The first kappa shape index (κ1) is 26.1. The number of nitrogens with zero attached hydrogens (tertiary/aromatic N) is 2. The van der Waals surface area contributed by atoms with Gasteiger partial charge in [0.05, 0.1) is 0 Å². The van der Waals surface area contributed by atoms with Gasteiger partial charge >= 0.3 is 0 Å². The molecule has 0 unspecified atom stereocenters. The second-order valence-corrected chi connectivity index (χ2v) is 7.97. The number of hydrogen-bond donors (Lipinski definition) is 3. The second kappa shape index (κ2) is 14.1. The number of carbonyl (C=O) groups is 1. The van der Waals surface area contributed by atoms with Crippen LogP contribution in [-0.4, -0.2) is 56.0 Å². The van der Waals surface area contributed by atoms with Crippen LogP contribution in [0.4, 0.5) is 0 Å². The molecule has 32 heavy (non-hydrogen) atoms. The minimum Gasteiger partial charge on any atom is -0.357 e. The summed E-state index contributed by atoms with van der Waals surface area (Å²) in [5, 5.41) is 9.65. The van der Waals surface area contributed by atoms with Gasteiger partial charge in [-0.15, -0.1) is 24.0 Å². The van der Waals surface area contributed by atoms with Crippen molar-refractivity contribution in [2.75, 3.05) is 33.2 Å². The summed E-state index contributed by atoms with van der Waals surface area (Å²) >= 11 is 0. The van der Waals surface area contributed by atoms with Crippen LogP contribution in [0, 0.1) is 0 Å². The van der Waals surface area contributed by atoms with Crippen LogP contribution in [0.3, 0.4) is 0 Å². The van der Waals surface area contributed by atoms with E-state index in [4.69, 9.17) is 4.99 Å². The molecule has 1 fully saturated rings. The molecule has 3 rings (SSSR count). The average Bonchev–Trinajstić information content (AvgIpc) is 2.81. The van der Waals surface area contributed by atoms with Crippen LogP contribution in [0.5, 0.6) is 0 Å². The van der Waals surface area contributed by atoms with E-state index in [1.54, 1.807) is 7.05 Å². The molecule has 2 aromatic carbocycles. The Kier molecular flexibility index (Phi) is 11.5. The molecule has 0 bridgehead atoms. The molecule has 1 aliphatic heterocycles. The van der Waals surface area contributed by atoms with Crippen LogP contribution >= 0.6 is 24.0 Å². The lowest BCUT2D eigenvalue weighted by Gasteiger charge is -2.33. The Hall–Kier alpha value is -2.13. The zero-order valence-electron chi connectivity index (χ0n) is 19.1. The third kappa shape index (κ3) is 8.43. The van der Waals surface area contributed by atoms with Gasteiger partial charge in [0.2, 0.25) is 0 Å². The van der Waals surface area contributed by atoms with E-state index in [0.717, 1.165) is 57.0 Å². The lowest BCUT2D eigenvalue weighted by molar-refractivity contribution is 0.0963. The van der Waals surface area contributed by atoms with E-state index >= 15 is 0 Å². The first-order valence-electron chi connectivity index (χ1n) is 11.3. The standard InChI is InChI=1S/C25H35N5O.HI/c1-3-27-25(28-15-12-20-10-7-11-22(18-20)24(31)26-2)29-23-13-16-30(17-14-23)19-21-8-5-4-6-9-21;/h4-11,18,23H,3,12-17,19H2,1-2H3,(H,26,31)(H2,27,28,29);1H. The summed E-state index contributed by atoms with van der Waals surface area (Å²) in [6, 6.07) is 18.9. The Bertz CT molecular complexity index is 850. The molecule has 0 radical (unpaired) electrons. The van der Waals surface area contributed by atoms with Crippen LogP contribution in [-0.2, 0) is 13.0 Å². The molecule has 6 nitrogen and oxygen atoms in total. The van der Waals surface area contributed by atoms with Crippen molar-refractivity contribution in [2.24, 2.45) is 4.99 Å². The maximum atomic E-state index is 11.8. The van der Waals surface area contributed by atoms with Crippen LogP contribution in [0.1, 0.15) is 41.3 Å². The number of hydrogen-bond acceptors (Lipinski definition) is 3. The molecule has 1 amide bonds. The molecule has 174 valence electrons. The van der Waals surface area contributed by atoms with Crippen molar-refractivity contribution in [3.8, 4) is 0 Å². The fraction of sp³-hybridized carbons (Fsp3) is 0.440. The maximum absolute atomic E-state index is 11.8. The molecular formula is C25H36IN5O. The van der Waals surface area contributed by atoms with E-state index in [1.165, 1.54) is 5.56 Å². The molecule has 1 aliphatic rings. The molecule has 1 heterocycles. The molecule has 7 heteroatoms. The van der Waals surface area contributed by atoms with Crippen molar-refractivity contribution in [1.29, 1.82) is 0 Å². The molecule has 0 saturated carbocycles. The molecule has 2 aromatic rings. The maximum Gasteiger partial charge on any atom is 0.251 e. The second-order valence-electron chi connectivity index (χ2n) is 7.97. The number of amides is 1. The average molecular weight is 550 g/mol. The number of piperidine rings is 1. The predicted octanol–water partition coefficient (Wildman–Crippen LogP) is 3.43. The molecular weight excluding hydrogens is 513 g/mol. The van der Waals surface area contributed by atoms with Gasteiger partial charge in [0, 0.05) is 51.4 Å².